The highest BCUT2D eigenvalue weighted by Crippen LogP contribution is 2.12. The molecule has 0 aliphatic heterocycles. The molecule has 27 heavy (non-hydrogen) atoms. The second kappa shape index (κ2) is 10.3. The maximum Gasteiger partial charge on any atom is 0.255 e. The summed E-state index contributed by atoms with van der Waals surface area (Å²) in [6.07, 6.45) is 0. The molecular weight excluding hydrogens is 342 g/mol. The molecule has 0 spiro atoms. The van der Waals surface area contributed by atoms with Gasteiger partial charge in [-0.2, -0.15) is 0 Å². The SMILES string of the molecule is CC(C)N(CC(=O)NCc1ccc(OCC(N)=O)cc1)Cc1ccccc1. The lowest BCUT2D eigenvalue weighted by Gasteiger charge is -2.26. The third-order valence-corrected chi connectivity index (χ3v) is 4.10. The highest BCUT2D eigenvalue weighted by atomic mass is 16.5. The fourth-order valence-corrected chi connectivity index (χ4v) is 2.54. The zero-order valence-electron chi connectivity index (χ0n) is 15.9. The molecule has 0 bridgehead atoms. The zero-order valence-corrected chi connectivity index (χ0v) is 15.9. The van der Waals surface area contributed by atoms with Crippen molar-refractivity contribution < 1.29 is 14.3 Å². The summed E-state index contributed by atoms with van der Waals surface area (Å²) in [4.78, 5) is 25.2. The predicted molar refractivity (Wildman–Crippen MR) is 105 cm³/mol. The van der Waals surface area contributed by atoms with Crippen molar-refractivity contribution in [1.82, 2.24) is 10.2 Å². The van der Waals surface area contributed by atoms with Crippen molar-refractivity contribution in [2.75, 3.05) is 13.2 Å². The molecule has 0 heterocycles. The van der Waals surface area contributed by atoms with Gasteiger partial charge in [0.15, 0.2) is 6.61 Å². The molecule has 0 aliphatic carbocycles. The normalized spacial score (nSPS) is 10.8. The molecule has 2 aromatic carbocycles. The molecular formula is C21H27N3O3. The number of amides is 2. The third-order valence-electron chi connectivity index (χ3n) is 4.10. The first-order valence-electron chi connectivity index (χ1n) is 8.98. The quantitative estimate of drug-likeness (QED) is 0.671. The van der Waals surface area contributed by atoms with Gasteiger partial charge in [-0.25, -0.2) is 0 Å². The standard InChI is InChI=1S/C21H27N3O3/c1-16(2)24(13-18-6-4-3-5-7-18)14-21(26)23-12-17-8-10-19(11-9-17)27-15-20(22)25/h3-11,16H,12-15H2,1-2H3,(H2,22,25)(H,23,26). The van der Waals surface area contributed by atoms with Gasteiger partial charge in [-0.3, -0.25) is 14.5 Å². The molecule has 0 aromatic heterocycles. The summed E-state index contributed by atoms with van der Waals surface area (Å²) in [5.74, 6) is 0.0305. The van der Waals surface area contributed by atoms with Gasteiger partial charge in [-0.15, -0.1) is 0 Å². The molecule has 2 aromatic rings. The molecule has 0 atom stereocenters. The molecule has 2 amide bonds. The average molecular weight is 369 g/mol. The Labute approximate surface area is 160 Å². The largest absolute Gasteiger partial charge is 0.484 e. The fraction of sp³-hybridized carbons (Fsp3) is 0.333. The van der Waals surface area contributed by atoms with E-state index in [1.54, 1.807) is 12.1 Å². The number of carbonyl (C=O) groups is 2. The second-order valence-electron chi connectivity index (χ2n) is 6.66. The van der Waals surface area contributed by atoms with Crippen LogP contribution in [-0.2, 0) is 22.7 Å². The summed E-state index contributed by atoms with van der Waals surface area (Å²) in [5, 5.41) is 2.94. The van der Waals surface area contributed by atoms with Gasteiger partial charge in [-0.1, -0.05) is 42.5 Å². The zero-order chi connectivity index (χ0) is 19.6. The summed E-state index contributed by atoms with van der Waals surface area (Å²) in [7, 11) is 0. The topological polar surface area (TPSA) is 84.7 Å². The molecule has 0 radical (unpaired) electrons. The molecule has 0 unspecified atom stereocenters. The molecule has 3 N–H and O–H groups in total. The van der Waals surface area contributed by atoms with Gasteiger partial charge in [0, 0.05) is 19.1 Å². The van der Waals surface area contributed by atoms with Gasteiger partial charge < -0.3 is 15.8 Å². The molecule has 2 rings (SSSR count). The minimum absolute atomic E-state index is 0.0197. The number of benzene rings is 2. The minimum Gasteiger partial charge on any atom is -0.484 e. The van der Waals surface area contributed by atoms with Gasteiger partial charge in [0.2, 0.25) is 5.91 Å². The fourth-order valence-electron chi connectivity index (χ4n) is 2.54. The number of nitrogens with one attached hydrogen (secondary N) is 1. The molecule has 6 heteroatoms. The van der Waals surface area contributed by atoms with Crippen molar-refractivity contribution >= 4 is 11.8 Å². The third kappa shape index (κ3) is 7.50. The summed E-state index contributed by atoms with van der Waals surface area (Å²) < 4.78 is 5.22. The van der Waals surface area contributed by atoms with Gasteiger partial charge in [0.1, 0.15) is 5.75 Å². The van der Waals surface area contributed by atoms with E-state index in [-0.39, 0.29) is 18.6 Å². The molecule has 6 nitrogen and oxygen atoms in total. The molecule has 0 saturated heterocycles. The number of primary amides is 1. The lowest BCUT2D eigenvalue weighted by atomic mass is 10.2. The van der Waals surface area contributed by atoms with Crippen molar-refractivity contribution in [3.63, 3.8) is 0 Å². The second-order valence-corrected chi connectivity index (χ2v) is 6.66. The van der Waals surface area contributed by atoms with Crippen LogP contribution >= 0.6 is 0 Å². The van der Waals surface area contributed by atoms with Crippen LogP contribution in [-0.4, -0.2) is 35.9 Å². The number of nitrogens with zero attached hydrogens (tertiary/aromatic N) is 1. The van der Waals surface area contributed by atoms with Gasteiger partial charge in [-0.05, 0) is 37.1 Å². The lowest BCUT2D eigenvalue weighted by Crippen LogP contribution is -2.40. The van der Waals surface area contributed by atoms with E-state index in [1.165, 1.54) is 5.56 Å². The first-order valence-corrected chi connectivity index (χ1v) is 8.98. The smallest absolute Gasteiger partial charge is 0.255 e. The minimum atomic E-state index is -0.517. The Balaban J connectivity index is 1.82. The number of rotatable bonds is 10. The monoisotopic (exact) mass is 369 g/mol. The van der Waals surface area contributed by atoms with Gasteiger partial charge in [0.05, 0.1) is 6.54 Å². The Hall–Kier alpha value is -2.86. The predicted octanol–water partition coefficient (Wildman–Crippen LogP) is 2.08. The average Bonchev–Trinajstić information content (AvgIpc) is 2.65. The Morgan fingerprint density at radius 2 is 1.70 bits per heavy atom. The summed E-state index contributed by atoms with van der Waals surface area (Å²) >= 11 is 0. The van der Waals surface area contributed by atoms with E-state index >= 15 is 0 Å². The van der Waals surface area contributed by atoms with Gasteiger partial charge >= 0.3 is 0 Å². The van der Waals surface area contributed by atoms with E-state index in [4.69, 9.17) is 10.5 Å². The number of nitrogens with two attached hydrogens (primary N) is 1. The highest BCUT2D eigenvalue weighted by molar-refractivity contribution is 5.78. The Morgan fingerprint density at radius 3 is 2.30 bits per heavy atom. The Morgan fingerprint density at radius 1 is 1.04 bits per heavy atom. The lowest BCUT2D eigenvalue weighted by molar-refractivity contribution is -0.123. The van der Waals surface area contributed by atoms with E-state index < -0.39 is 5.91 Å². The summed E-state index contributed by atoms with van der Waals surface area (Å²) in [5.41, 5.74) is 7.18. The van der Waals surface area contributed by atoms with Crippen molar-refractivity contribution in [2.45, 2.75) is 33.0 Å². The number of hydrogen-bond donors (Lipinski definition) is 2. The van der Waals surface area contributed by atoms with Crippen LogP contribution in [0.2, 0.25) is 0 Å². The maximum atomic E-state index is 12.3. The van der Waals surface area contributed by atoms with Crippen molar-refractivity contribution in [2.24, 2.45) is 5.73 Å². The van der Waals surface area contributed by atoms with Crippen LogP contribution < -0.4 is 15.8 Å². The van der Waals surface area contributed by atoms with E-state index in [1.807, 2.05) is 30.3 Å². The highest BCUT2D eigenvalue weighted by Gasteiger charge is 2.14. The molecule has 0 fully saturated rings. The summed E-state index contributed by atoms with van der Waals surface area (Å²) in [6, 6.07) is 17.6. The first-order chi connectivity index (χ1) is 12.9. The Kier molecular flexibility index (Phi) is 7.82. The van der Waals surface area contributed by atoms with Crippen LogP contribution in [0.25, 0.3) is 0 Å². The molecule has 0 saturated carbocycles. The number of hydrogen-bond acceptors (Lipinski definition) is 4. The van der Waals surface area contributed by atoms with E-state index in [2.05, 4.69) is 36.2 Å². The van der Waals surface area contributed by atoms with Crippen LogP contribution in [0.1, 0.15) is 25.0 Å². The van der Waals surface area contributed by atoms with E-state index in [0.717, 1.165) is 12.1 Å². The van der Waals surface area contributed by atoms with Crippen LogP contribution in [0.3, 0.4) is 0 Å². The van der Waals surface area contributed by atoms with Crippen molar-refractivity contribution in [1.29, 1.82) is 0 Å². The number of carbonyl (C=O) groups excluding carboxylic acids is 2. The van der Waals surface area contributed by atoms with Crippen molar-refractivity contribution in [3.05, 3.63) is 65.7 Å². The van der Waals surface area contributed by atoms with Crippen LogP contribution in [0, 0.1) is 0 Å². The maximum absolute atomic E-state index is 12.3. The molecule has 144 valence electrons. The van der Waals surface area contributed by atoms with Crippen LogP contribution in [0.15, 0.2) is 54.6 Å². The number of ether oxygens (including phenoxy) is 1. The Bertz CT molecular complexity index is 730. The summed E-state index contributed by atoms with van der Waals surface area (Å²) in [6.45, 7) is 5.53. The van der Waals surface area contributed by atoms with Crippen LogP contribution in [0.5, 0.6) is 5.75 Å². The van der Waals surface area contributed by atoms with E-state index in [0.29, 0.717) is 18.8 Å². The van der Waals surface area contributed by atoms with E-state index in [9.17, 15) is 9.59 Å². The van der Waals surface area contributed by atoms with Gasteiger partial charge in [0.25, 0.3) is 5.91 Å². The molecule has 0 aliphatic rings. The first kappa shape index (κ1) is 20.5. The van der Waals surface area contributed by atoms with Crippen molar-refractivity contribution in [3.8, 4) is 5.75 Å². The van der Waals surface area contributed by atoms with Crippen LogP contribution in [0.4, 0.5) is 0 Å².